The number of aldehydes is 1. The van der Waals surface area contributed by atoms with Gasteiger partial charge in [0.2, 0.25) is 0 Å². The Hall–Kier alpha value is -1.39. The first-order chi connectivity index (χ1) is 9.24. The van der Waals surface area contributed by atoms with E-state index in [4.69, 9.17) is 4.74 Å². The minimum Gasteiger partial charge on any atom is -0.462 e. The first-order valence-corrected chi connectivity index (χ1v) is 6.91. The number of rotatable bonds is 5. The van der Waals surface area contributed by atoms with Crippen LogP contribution in [0.1, 0.15) is 32.6 Å². The van der Waals surface area contributed by atoms with E-state index in [0.717, 1.165) is 31.3 Å². The normalized spacial score (nSPS) is 26.9. The highest BCUT2D eigenvalue weighted by Crippen LogP contribution is 2.29. The molecule has 0 fully saturated rings. The van der Waals surface area contributed by atoms with Crippen LogP contribution in [0.4, 0.5) is 0 Å². The summed E-state index contributed by atoms with van der Waals surface area (Å²) in [4.78, 5) is 11.1. The number of hydrogen-bond donors (Lipinski definition) is 1. The standard InChI is InChI=1S/C15H21NO3/c1-2-16(18)13-9-8-12(11-17)15(10-13)19-14-6-4-3-5-7-14/h4,6-7,10-13,18H,2-3,5,8-9H2,1H3. The topological polar surface area (TPSA) is 49.8 Å². The van der Waals surface area contributed by atoms with Crippen LogP contribution in [0.3, 0.4) is 0 Å². The summed E-state index contributed by atoms with van der Waals surface area (Å²) in [5, 5.41) is 11.1. The molecule has 0 saturated heterocycles. The zero-order valence-corrected chi connectivity index (χ0v) is 11.3. The molecule has 0 aromatic rings. The predicted octanol–water partition coefficient (Wildman–Crippen LogP) is 2.81. The summed E-state index contributed by atoms with van der Waals surface area (Å²) in [6.45, 7) is 2.45. The molecule has 4 heteroatoms. The molecule has 4 nitrogen and oxygen atoms in total. The fourth-order valence-electron chi connectivity index (χ4n) is 2.40. The Labute approximate surface area is 114 Å². The van der Waals surface area contributed by atoms with Crippen LogP contribution in [0, 0.1) is 5.92 Å². The first-order valence-electron chi connectivity index (χ1n) is 6.91. The molecule has 2 aliphatic carbocycles. The fraction of sp³-hybridized carbons (Fsp3) is 0.533. The Kier molecular flexibility index (Phi) is 4.93. The molecule has 0 amide bonds. The number of likely N-dealkylation sites (N-methyl/N-ethyl adjacent to an activating group) is 1. The van der Waals surface area contributed by atoms with Crippen molar-refractivity contribution in [2.45, 2.75) is 38.6 Å². The van der Waals surface area contributed by atoms with Gasteiger partial charge < -0.3 is 14.7 Å². The van der Waals surface area contributed by atoms with Crippen LogP contribution in [0.15, 0.2) is 35.8 Å². The van der Waals surface area contributed by atoms with Crippen molar-refractivity contribution in [1.29, 1.82) is 0 Å². The Morgan fingerprint density at radius 3 is 2.95 bits per heavy atom. The summed E-state index contributed by atoms with van der Waals surface area (Å²) < 4.78 is 5.83. The highest BCUT2D eigenvalue weighted by molar-refractivity contribution is 5.58. The summed E-state index contributed by atoms with van der Waals surface area (Å²) in [5.41, 5.74) is 0. The smallest absolute Gasteiger partial charge is 0.130 e. The van der Waals surface area contributed by atoms with E-state index in [0.29, 0.717) is 18.7 Å². The Bertz CT molecular complexity index is 412. The van der Waals surface area contributed by atoms with Crippen LogP contribution < -0.4 is 0 Å². The molecule has 0 aromatic carbocycles. The number of hydrogen-bond acceptors (Lipinski definition) is 4. The van der Waals surface area contributed by atoms with E-state index in [-0.39, 0.29) is 12.0 Å². The van der Waals surface area contributed by atoms with Crippen molar-refractivity contribution in [2.75, 3.05) is 6.54 Å². The van der Waals surface area contributed by atoms with E-state index in [1.165, 1.54) is 5.06 Å². The lowest BCUT2D eigenvalue weighted by Gasteiger charge is -2.30. The van der Waals surface area contributed by atoms with Gasteiger partial charge in [-0.15, -0.1) is 0 Å². The maximum absolute atomic E-state index is 11.1. The third-order valence-corrected chi connectivity index (χ3v) is 3.56. The number of allylic oxidation sites excluding steroid dienone is 4. The Balaban J connectivity index is 2.12. The molecule has 0 aromatic heterocycles. The Morgan fingerprint density at radius 2 is 2.32 bits per heavy atom. The minimum atomic E-state index is -0.197. The first kappa shape index (κ1) is 14.0. The summed E-state index contributed by atoms with van der Waals surface area (Å²) in [5.74, 6) is 1.26. The molecule has 2 unspecified atom stereocenters. The highest BCUT2D eigenvalue weighted by Gasteiger charge is 2.27. The van der Waals surface area contributed by atoms with Gasteiger partial charge in [-0.2, -0.15) is 5.06 Å². The van der Waals surface area contributed by atoms with Crippen LogP contribution in [0.25, 0.3) is 0 Å². The number of nitrogens with zero attached hydrogens (tertiary/aromatic N) is 1. The van der Waals surface area contributed by atoms with Crippen molar-refractivity contribution in [3.8, 4) is 0 Å². The van der Waals surface area contributed by atoms with Crippen LogP contribution in [0.2, 0.25) is 0 Å². The van der Waals surface area contributed by atoms with Gasteiger partial charge in [-0.1, -0.05) is 13.0 Å². The van der Waals surface area contributed by atoms with Crippen molar-refractivity contribution in [3.05, 3.63) is 35.8 Å². The molecule has 0 aliphatic heterocycles. The average molecular weight is 263 g/mol. The molecular weight excluding hydrogens is 242 g/mol. The molecule has 2 aliphatic rings. The van der Waals surface area contributed by atoms with Gasteiger partial charge in [-0.25, -0.2) is 0 Å². The maximum atomic E-state index is 11.1. The van der Waals surface area contributed by atoms with E-state index < -0.39 is 0 Å². The zero-order chi connectivity index (χ0) is 13.7. The second-order valence-corrected chi connectivity index (χ2v) is 4.90. The molecule has 104 valence electrons. The van der Waals surface area contributed by atoms with Gasteiger partial charge >= 0.3 is 0 Å². The van der Waals surface area contributed by atoms with Gasteiger partial charge in [-0.05, 0) is 43.9 Å². The molecule has 0 bridgehead atoms. The number of carbonyl (C=O) groups is 1. The second-order valence-electron chi connectivity index (χ2n) is 4.90. The van der Waals surface area contributed by atoms with Crippen molar-refractivity contribution in [3.63, 3.8) is 0 Å². The van der Waals surface area contributed by atoms with Crippen LogP contribution >= 0.6 is 0 Å². The second kappa shape index (κ2) is 6.68. The molecule has 1 N–H and O–H groups in total. The summed E-state index contributed by atoms with van der Waals surface area (Å²) in [6.07, 6.45) is 12.3. The lowest BCUT2D eigenvalue weighted by molar-refractivity contribution is -0.119. The van der Waals surface area contributed by atoms with E-state index >= 15 is 0 Å². The van der Waals surface area contributed by atoms with Crippen molar-refractivity contribution >= 4 is 6.29 Å². The van der Waals surface area contributed by atoms with E-state index in [1.807, 2.05) is 25.2 Å². The molecular formula is C15H21NO3. The lowest BCUT2D eigenvalue weighted by Crippen LogP contribution is -2.34. The predicted molar refractivity (Wildman–Crippen MR) is 72.4 cm³/mol. The van der Waals surface area contributed by atoms with Crippen LogP contribution in [-0.4, -0.2) is 29.1 Å². The molecule has 0 saturated carbocycles. The maximum Gasteiger partial charge on any atom is 0.130 e. The average Bonchev–Trinajstić information content (AvgIpc) is 2.47. The van der Waals surface area contributed by atoms with Gasteiger partial charge in [0.05, 0.1) is 12.0 Å². The fourth-order valence-corrected chi connectivity index (χ4v) is 2.40. The quantitative estimate of drug-likeness (QED) is 0.612. The monoisotopic (exact) mass is 263 g/mol. The molecule has 19 heavy (non-hydrogen) atoms. The third kappa shape index (κ3) is 3.55. The zero-order valence-electron chi connectivity index (χ0n) is 11.3. The number of hydroxylamine groups is 2. The van der Waals surface area contributed by atoms with Crippen molar-refractivity contribution in [2.24, 2.45) is 5.92 Å². The van der Waals surface area contributed by atoms with Crippen molar-refractivity contribution in [1.82, 2.24) is 5.06 Å². The van der Waals surface area contributed by atoms with Gasteiger partial charge in [0.1, 0.15) is 17.8 Å². The SMILES string of the molecule is CCN(O)C1C=C(OC2=CCCC=C2)C(C=O)CC1. The molecule has 0 radical (unpaired) electrons. The van der Waals surface area contributed by atoms with Gasteiger partial charge in [0.15, 0.2) is 0 Å². The molecule has 2 atom stereocenters. The summed E-state index contributed by atoms with van der Waals surface area (Å²) >= 11 is 0. The molecule has 2 rings (SSSR count). The van der Waals surface area contributed by atoms with Gasteiger partial charge in [0.25, 0.3) is 0 Å². The van der Waals surface area contributed by atoms with Crippen molar-refractivity contribution < 1.29 is 14.7 Å². The van der Waals surface area contributed by atoms with E-state index in [9.17, 15) is 10.0 Å². The number of ether oxygens (including phenoxy) is 1. The van der Waals surface area contributed by atoms with E-state index in [2.05, 4.69) is 6.08 Å². The summed E-state index contributed by atoms with van der Waals surface area (Å²) in [7, 11) is 0. The largest absolute Gasteiger partial charge is 0.462 e. The molecule has 0 spiro atoms. The lowest BCUT2D eigenvalue weighted by atomic mass is 9.91. The minimum absolute atomic E-state index is 0.0654. The van der Waals surface area contributed by atoms with Crippen LogP contribution in [-0.2, 0) is 9.53 Å². The summed E-state index contributed by atoms with van der Waals surface area (Å²) in [6, 6.07) is -0.0654. The van der Waals surface area contributed by atoms with E-state index in [1.54, 1.807) is 0 Å². The molecule has 0 heterocycles. The van der Waals surface area contributed by atoms with Crippen LogP contribution in [0.5, 0.6) is 0 Å². The third-order valence-electron chi connectivity index (χ3n) is 3.56. The number of carbonyl (C=O) groups excluding carboxylic acids is 1. The van der Waals surface area contributed by atoms with Gasteiger partial charge in [0, 0.05) is 6.54 Å². The Morgan fingerprint density at radius 1 is 1.47 bits per heavy atom. The van der Waals surface area contributed by atoms with Gasteiger partial charge in [-0.3, -0.25) is 0 Å². The highest BCUT2D eigenvalue weighted by atomic mass is 16.5.